The first kappa shape index (κ1) is 14.6. The third-order valence-corrected chi connectivity index (χ3v) is 4.49. The van der Waals surface area contributed by atoms with Gasteiger partial charge in [-0.25, -0.2) is 4.39 Å². The zero-order chi connectivity index (χ0) is 14.7. The lowest BCUT2D eigenvalue weighted by atomic mass is 9.90. The number of carbonyl (C=O) groups excluding carboxylic acids is 1. The summed E-state index contributed by atoms with van der Waals surface area (Å²) in [7, 11) is 0. The highest BCUT2D eigenvalue weighted by molar-refractivity contribution is 5.94. The summed E-state index contributed by atoms with van der Waals surface area (Å²) in [5.74, 6) is -0.432. The van der Waals surface area contributed by atoms with Crippen molar-refractivity contribution in [3.63, 3.8) is 0 Å². The molecule has 0 radical (unpaired) electrons. The zero-order valence-corrected chi connectivity index (χ0v) is 12.1. The van der Waals surface area contributed by atoms with Gasteiger partial charge in [-0.2, -0.15) is 0 Å². The third-order valence-electron chi connectivity index (χ3n) is 4.49. The van der Waals surface area contributed by atoms with Crippen molar-refractivity contribution in [1.29, 1.82) is 0 Å². The molecular formula is C16H21FN2O2. The monoisotopic (exact) mass is 292 g/mol. The van der Waals surface area contributed by atoms with Crippen molar-refractivity contribution in [2.45, 2.75) is 44.2 Å². The van der Waals surface area contributed by atoms with Gasteiger partial charge >= 0.3 is 0 Å². The normalized spacial score (nSPS) is 26.3. The van der Waals surface area contributed by atoms with E-state index in [0.29, 0.717) is 24.3 Å². The van der Waals surface area contributed by atoms with E-state index in [9.17, 15) is 9.18 Å². The van der Waals surface area contributed by atoms with Crippen LogP contribution < -0.4 is 0 Å². The van der Waals surface area contributed by atoms with Gasteiger partial charge in [0.25, 0.3) is 0 Å². The average Bonchev–Trinajstić information content (AvgIpc) is 2.53. The van der Waals surface area contributed by atoms with Crippen LogP contribution in [-0.2, 0) is 4.74 Å². The molecule has 5 heteroatoms. The summed E-state index contributed by atoms with van der Waals surface area (Å²) in [6, 6.07) is 3.20. The van der Waals surface area contributed by atoms with Gasteiger partial charge in [0.2, 0.25) is 0 Å². The van der Waals surface area contributed by atoms with Crippen molar-refractivity contribution in [2.75, 3.05) is 19.7 Å². The highest BCUT2D eigenvalue weighted by Gasteiger charge is 2.34. The van der Waals surface area contributed by atoms with E-state index in [0.717, 1.165) is 38.7 Å². The molecule has 2 unspecified atom stereocenters. The van der Waals surface area contributed by atoms with Crippen molar-refractivity contribution < 1.29 is 13.9 Å². The fourth-order valence-electron chi connectivity index (χ4n) is 3.37. The molecule has 1 aromatic heterocycles. The van der Waals surface area contributed by atoms with Crippen LogP contribution in [0.3, 0.4) is 0 Å². The number of nitrogens with zero attached hydrogens (tertiary/aromatic N) is 2. The Morgan fingerprint density at radius 1 is 1.38 bits per heavy atom. The van der Waals surface area contributed by atoms with E-state index in [1.54, 1.807) is 0 Å². The number of Topliss-reactive ketones (excluding diaryl/α,β-unsaturated/α-hetero) is 1. The predicted octanol–water partition coefficient (Wildman–Crippen LogP) is 2.44. The number of aromatic nitrogens is 1. The molecule has 2 atom stereocenters. The van der Waals surface area contributed by atoms with E-state index >= 15 is 0 Å². The van der Waals surface area contributed by atoms with Gasteiger partial charge in [-0.1, -0.05) is 12.8 Å². The molecule has 4 nitrogen and oxygen atoms in total. The number of pyridine rings is 1. The lowest BCUT2D eigenvalue weighted by Gasteiger charge is -2.43. The first-order chi connectivity index (χ1) is 10.2. The smallest absolute Gasteiger partial charge is 0.182 e. The zero-order valence-electron chi connectivity index (χ0n) is 12.1. The summed E-state index contributed by atoms with van der Waals surface area (Å²) < 4.78 is 18.7. The first-order valence-electron chi connectivity index (χ1n) is 7.74. The average molecular weight is 292 g/mol. The molecule has 2 aliphatic rings. The maximum atomic E-state index is 12.8. The molecule has 1 aliphatic carbocycles. The fourth-order valence-corrected chi connectivity index (χ4v) is 3.37. The number of hydrogen-bond acceptors (Lipinski definition) is 4. The lowest BCUT2D eigenvalue weighted by Crippen LogP contribution is -2.53. The number of halogens is 1. The van der Waals surface area contributed by atoms with Gasteiger partial charge in [-0.3, -0.25) is 14.7 Å². The molecule has 0 bridgehead atoms. The van der Waals surface area contributed by atoms with Crippen LogP contribution in [0.5, 0.6) is 0 Å². The summed E-state index contributed by atoms with van der Waals surface area (Å²) in [5.41, 5.74) is 0.352. The minimum Gasteiger partial charge on any atom is -0.375 e. The summed E-state index contributed by atoms with van der Waals surface area (Å²) >= 11 is 0. The number of fused-ring (bicyclic) bond motifs is 1. The van der Waals surface area contributed by atoms with Gasteiger partial charge in [0.05, 0.1) is 18.9 Å². The minimum absolute atomic E-state index is 0.0196. The molecule has 21 heavy (non-hydrogen) atoms. The Bertz CT molecular complexity index is 490. The molecule has 1 aromatic rings. The van der Waals surface area contributed by atoms with Crippen LogP contribution in [0.15, 0.2) is 18.3 Å². The SMILES string of the molecule is O=C(CCN1CCOC2CCCCC21)c1ccc(F)cn1. The summed E-state index contributed by atoms with van der Waals surface area (Å²) in [6.45, 7) is 2.39. The van der Waals surface area contributed by atoms with E-state index in [4.69, 9.17) is 4.74 Å². The van der Waals surface area contributed by atoms with E-state index < -0.39 is 5.82 Å². The number of carbonyl (C=O) groups is 1. The molecule has 0 spiro atoms. The van der Waals surface area contributed by atoms with Crippen molar-refractivity contribution in [1.82, 2.24) is 9.88 Å². The second-order valence-corrected chi connectivity index (χ2v) is 5.83. The van der Waals surface area contributed by atoms with E-state index in [1.807, 2.05) is 0 Å². The molecule has 114 valence electrons. The molecule has 1 saturated heterocycles. The molecule has 0 aromatic carbocycles. The second-order valence-electron chi connectivity index (χ2n) is 5.83. The molecule has 0 N–H and O–H groups in total. The van der Waals surface area contributed by atoms with Crippen molar-refractivity contribution >= 4 is 5.78 Å². The van der Waals surface area contributed by atoms with Crippen molar-refractivity contribution in [3.05, 3.63) is 29.8 Å². The van der Waals surface area contributed by atoms with Crippen LogP contribution in [-0.4, -0.2) is 47.5 Å². The Morgan fingerprint density at radius 2 is 2.24 bits per heavy atom. The summed E-state index contributed by atoms with van der Waals surface area (Å²) in [5, 5.41) is 0. The summed E-state index contributed by atoms with van der Waals surface area (Å²) in [6.07, 6.45) is 6.65. The van der Waals surface area contributed by atoms with Crippen molar-refractivity contribution in [2.24, 2.45) is 0 Å². The van der Waals surface area contributed by atoms with Crippen LogP contribution in [0.1, 0.15) is 42.6 Å². The largest absolute Gasteiger partial charge is 0.375 e. The highest BCUT2D eigenvalue weighted by atomic mass is 19.1. The van der Waals surface area contributed by atoms with Crippen LogP contribution >= 0.6 is 0 Å². The molecule has 2 heterocycles. The van der Waals surface area contributed by atoms with Gasteiger partial charge < -0.3 is 4.74 Å². The van der Waals surface area contributed by atoms with Gasteiger partial charge in [-0.05, 0) is 25.0 Å². The first-order valence-corrected chi connectivity index (χ1v) is 7.74. The molecular weight excluding hydrogens is 271 g/mol. The Kier molecular flexibility index (Phi) is 4.60. The topological polar surface area (TPSA) is 42.4 Å². The van der Waals surface area contributed by atoms with Gasteiger partial charge in [-0.15, -0.1) is 0 Å². The number of ketones is 1. The van der Waals surface area contributed by atoms with Gasteiger partial charge in [0.1, 0.15) is 11.5 Å². The van der Waals surface area contributed by atoms with Crippen LogP contribution in [0.2, 0.25) is 0 Å². The lowest BCUT2D eigenvalue weighted by molar-refractivity contribution is -0.0875. The van der Waals surface area contributed by atoms with E-state index in [1.165, 1.54) is 25.0 Å². The maximum absolute atomic E-state index is 12.8. The Labute approximate surface area is 124 Å². The Morgan fingerprint density at radius 3 is 3.05 bits per heavy atom. The van der Waals surface area contributed by atoms with Gasteiger partial charge in [0.15, 0.2) is 5.78 Å². The number of morpholine rings is 1. The Hall–Kier alpha value is -1.33. The summed E-state index contributed by atoms with van der Waals surface area (Å²) in [4.78, 5) is 18.4. The quantitative estimate of drug-likeness (QED) is 0.799. The molecule has 2 fully saturated rings. The van der Waals surface area contributed by atoms with Crippen LogP contribution in [0.4, 0.5) is 4.39 Å². The van der Waals surface area contributed by atoms with Crippen LogP contribution in [0, 0.1) is 5.82 Å². The third kappa shape index (κ3) is 3.47. The second kappa shape index (κ2) is 6.62. The number of ether oxygens (including phenoxy) is 1. The number of hydrogen-bond donors (Lipinski definition) is 0. The minimum atomic E-state index is -0.412. The van der Waals surface area contributed by atoms with Gasteiger partial charge in [0, 0.05) is 25.6 Å². The molecule has 1 saturated carbocycles. The predicted molar refractivity (Wildman–Crippen MR) is 76.7 cm³/mol. The molecule has 3 rings (SSSR count). The highest BCUT2D eigenvalue weighted by Crippen LogP contribution is 2.28. The standard InChI is InChI=1S/C16H21FN2O2/c17-12-5-6-13(18-11-12)15(20)7-8-19-9-10-21-16-4-2-1-3-14(16)19/h5-6,11,14,16H,1-4,7-10H2. The molecule has 1 aliphatic heterocycles. The van der Waals surface area contributed by atoms with E-state index in [-0.39, 0.29) is 5.78 Å². The maximum Gasteiger partial charge on any atom is 0.182 e. The molecule has 0 amide bonds. The number of rotatable bonds is 4. The van der Waals surface area contributed by atoms with Crippen LogP contribution in [0.25, 0.3) is 0 Å². The van der Waals surface area contributed by atoms with Crippen molar-refractivity contribution in [3.8, 4) is 0 Å². The Balaban J connectivity index is 1.56. The van der Waals surface area contributed by atoms with E-state index in [2.05, 4.69) is 9.88 Å². The fraction of sp³-hybridized carbons (Fsp3) is 0.625.